The molecule has 1 aromatic carbocycles. The van der Waals surface area contributed by atoms with Gasteiger partial charge in [-0.3, -0.25) is 4.79 Å². The van der Waals surface area contributed by atoms with Gasteiger partial charge in [0.1, 0.15) is 0 Å². The van der Waals surface area contributed by atoms with Crippen molar-refractivity contribution in [1.29, 1.82) is 0 Å². The maximum atomic E-state index is 12.5. The Hall–Kier alpha value is -1.35. The number of carbonyl (C=O) groups excluding carboxylic acids is 1. The van der Waals surface area contributed by atoms with Gasteiger partial charge in [0, 0.05) is 26.2 Å². The summed E-state index contributed by atoms with van der Waals surface area (Å²) in [6.07, 6.45) is 3.13. The molecule has 2 fully saturated rings. The van der Waals surface area contributed by atoms with Gasteiger partial charge in [0.05, 0.1) is 6.42 Å². The second-order valence-corrected chi connectivity index (χ2v) is 6.31. The molecule has 0 aromatic heterocycles. The van der Waals surface area contributed by atoms with E-state index in [1.807, 2.05) is 6.07 Å². The molecular weight excluding hydrogens is 248 g/mol. The third-order valence-corrected chi connectivity index (χ3v) is 4.56. The number of rotatable bonds is 2. The Kier molecular flexibility index (Phi) is 4.06. The third-order valence-electron chi connectivity index (χ3n) is 4.56. The average molecular weight is 272 g/mol. The minimum absolute atomic E-state index is 0.296. The zero-order valence-electron chi connectivity index (χ0n) is 12.3. The van der Waals surface area contributed by atoms with Crippen LogP contribution >= 0.6 is 0 Å². The van der Waals surface area contributed by atoms with Crippen LogP contribution in [0.25, 0.3) is 0 Å². The third kappa shape index (κ3) is 3.21. The van der Waals surface area contributed by atoms with Gasteiger partial charge in [-0.15, -0.1) is 0 Å². The van der Waals surface area contributed by atoms with E-state index in [-0.39, 0.29) is 0 Å². The van der Waals surface area contributed by atoms with Crippen molar-refractivity contribution in [3.05, 3.63) is 35.4 Å². The molecule has 2 unspecified atom stereocenters. The highest BCUT2D eigenvalue weighted by molar-refractivity contribution is 5.78. The highest BCUT2D eigenvalue weighted by Gasteiger charge is 2.28. The molecular formula is C17H24N2O. The van der Waals surface area contributed by atoms with E-state index in [4.69, 9.17) is 0 Å². The van der Waals surface area contributed by atoms with Gasteiger partial charge < -0.3 is 9.80 Å². The fraction of sp³-hybridized carbons (Fsp3) is 0.588. The van der Waals surface area contributed by atoms with Crippen LogP contribution in [-0.2, 0) is 11.2 Å². The van der Waals surface area contributed by atoms with E-state index in [2.05, 4.69) is 34.9 Å². The molecule has 2 heterocycles. The van der Waals surface area contributed by atoms with Crippen LogP contribution in [0.2, 0.25) is 0 Å². The summed E-state index contributed by atoms with van der Waals surface area (Å²) < 4.78 is 0. The maximum absolute atomic E-state index is 12.5. The Morgan fingerprint density at radius 2 is 2.15 bits per heavy atom. The molecule has 0 aliphatic carbocycles. The monoisotopic (exact) mass is 272 g/mol. The number of amides is 1. The first-order valence-corrected chi connectivity index (χ1v) is 7.76. The van der Waals surface area contributed by atoms with Crippen LogP contribution in [0.3, 0.4) is 0 Å². The zero-order valence-corrected chi connectivity index (χ0v) is 12.3. The molecule has 0 N–H and O–H groups in total. The molecule has 108 valence electrons. The van der Waals surface area contributed by atoms with Gasteiger partial charge in [-0.05, 0) is 37.8 Å². The number of benzene rings is 1. The molecule has 2 aliphatic heterocycles. The lowest BCUT2D eigenvalue weighted by Crippen LogP contribution is -2.36. The SMILES string of the molecule is Cc1cccc(CC(=O)N2CCN3CCCC(C3)C2)c1. The first-order chi connectivity index (χ1) is 9.70. The van der Waals surface area contributed by atoms with Crippen LogP contribution < -0.4 is 0 Å². The molecule has 0 radical (unpaired) electrons. The smallest absolute Gasteiger partial charge is 0.227 e. The molecule has 3 nitrogen and oxygen atoms in total. The van der Waals surface area contributed by atoms with Gasteiger partial charge in [0.2, 0.25) is 5.91 Å². The molecule has 1 aromatic rings. The van der Waals surface area contributed by atoms with Crippen LogP contribution in [0.5, 0.6) is 0 Å². The summed E-state index contributed by atoms with van der Waals surface area (Å²) in [5.74, 6) is 0.983. The molecule has 3 heteroatoms. The Bertz CT molecular complexity index is 486. The van der Waals surface area contributed by atoms with Crippen LogP contribution in [0.4, 0.5) is 0 Å². The van der Waals surface area contributed by atoms with Gasteiger partial charge in [-0.25, -0.2) is 0 Å². The second kappa shape index (κ2) is 5.96. The molecule has 2 saturated heterocycles. The van der Waals surface area contributed by atoms with Crippen molar-refractivity contribution < 1.29 is 4.79 Å². The van der Waals surface area contributed by atoms with Gasteiger partial charge in [0.25, 0.3) is 0 Å². The van der Waals surface area contributed by atoms with Gasteiger partial charge in [-0.1, -0.05) is 29.8 Å². The summed E-state index contributed by atoms with van der Waals surface area (Å²) in [6, 6.07) is 8.30. The lowest BCUT2D eigenvalue weighted by molar-refractivity contribution is -0.130. The van der Waals surface area contributed by atoms with Crippen molar-refractivity contribution in [3.63, 3.8) is 0 Å². The number of aryl methyl sites for hydroxylation is 1. The highest BCUT2D eigenvalue weighted by Crippen LogP contribution is 2.21. The molecule has 2 aliphatic rings. The first kappa shape index (κ1) is 13.6. The number of hydrogen-bond donors (Lipinski definition) is 0. The van der Waals surface area contributed by atoms with E-state index < -0.39 is 0 Å². The summed E-state index contributed by atoms with van der Waals surface area (Å²) >= 11 is 0. The van der Waals surface area contributed by atoms with Gasteiger partial charge >= 0.3 is 0 Å². The number of nitrogens with zero attached hydrogens (tertiary/aromatic N) is 2. The quantitative estimate of drug-likeness (QED) is 0.823. The lowest BCUT2D eigenvalue weighted by Gasteiger charge is -2.29. The van der Waals surface area contributed by atoms with Crippen LogP contribution in [0, 0.1) is 12.8 Å². The molecule has 0 saturated carbocycles. The Labute approximate surface area is 121 Å². The summed E-state index contributed by atoms with van der Waals surface area (Å²) in [5.41, 5.74) is 2.37. The Morgan fingerprint density at radius 3 is 3.00 bits per heavy atom. The van der Waals surface area contributed by atoms with Crippen molar-refractivity contribution in [2.24, 2.45) is 5.92 Å². The number of piperidine rings is 1. The minimum atomic E-state index is 0.296. The van der Waals surface area contributed by atoms with Crippen molar-refractivity contribution in [2.45, 2.75) is 26.2 Å². The Morgan fingerprint density at radius 1 is 1.25 bits per heavy atom. The van der Waals surface area contributed by atoms with Crippen molar-refractivity contribution in [2.75, 3.05) is 32.7 Å². The number of carbonyl (C=O) groups is 1. The van der Waals surface area contributed by atoms with Crippen LogP contribution in [0.1, 0.15) is 24.0 Å². The summed E-state index contributed by atoms with van der Waals surface area (Å²) in [4.78, 5) is 17.1. The molecule has 3 rings (SSSR count). The zero-order chi connectivity index (χ0) is 13.9. The van der Waals surface area contributed by atoms with Crippen molar-refractivity contribution in [3.8, 4) is 0 Å². The number of hydrogen-bond acceptors (Lipinski definition) is 2. The largest absolute Gasteiger partial charge is 0.341 e. The van der Waals surface area contributed by atoms with Gasteiger partial charge in [-0.2, -0.15) is 0 Å². The van der Waals surface area contributed by atoms with Crippen LogP contribution in [0.15, 0.2) is 24.3 Å². The summed E-state index contributed by atoms with van der Waals surface area (Å²) in [7, 11) is 0. The van der Waals surface area contributed by atoms with Crippen molar-refractivity contribution >= 4 is 5.91 Å². The minimum Gasteiger partial charge on any atom is -0.341 e. The molecule has 0 spiro atoms. The van der Waals surface area contributed by atoms with E-state index in [0.29, 0.717) is 18.2 Å². The van der Waals surface area contributed by atoms with E-state index in [9.17, 15) is 4.79 Å². The fourth-order valence-corrected chi connectivity index (χ4v) is 3.50. The van der Waals surface area contributed by atoms with Crippen LogP contribution in [-0.4, -0.2) is 48.4 Å². The second-order valence-electron chi connectivity index (χ2n) is 6.31. The maximum Gasteiger partial charge on any atom is 0.227 e. The first-order valence-electron chi connectivity index (χ1n) is 7.76. The molecule has 2 atom stereocenters. The van der Waals surface area contributed by atoms with E-state index in [0.717, 1.165) is 25.2 Å². The predicted molar refractivity (Wildman–Crippen MR) is 80.6 cm³/mol. The lowest BCUT2D eigenvalue weighted by atomic mass is 9.98. The number of fused-ring (bicyclic) bond motifs is 2. The average Bonchev–Trinajstić information content (AvgIpc) is 2.57. The van der Waals surface area contributed by atoms with E-state index in [1.54, 1.807) is 0 Å². The topological polar surface area (TPSA) is 23.6 Å². The summed E-state index contributed by atoms with van der Waals surface area (Å²) in [5, 5.41) is 0. The summed E-state index contributed by atoms with van der Waals surface area (Å²) in [6.45, 7) is 7.40. The standard InChI is InChI=1S/C17H24N2O/c1-14-4-2-5-15(10-14)11-17(20)19-9-8-18-7-3-6-16(12-18)13-19/h2,4-5,10,16H,3,6-9,11-13H2,1H3. The van der Waals surface area contributed by atoms with Crippen molar-refractivity contribution in [1.82, 2.24) is 9.80 Å². The molecule has 1 amide bonds. The molecule has 2 bridgehead atoms. The normalized spacial score (nSPS) is 26.1. The fourth-order valence-electron chi connectivity index (χ4n) is 3.50. The highest BCUT2D eigenvalue weighted by atomic mass is 16.2. The predicted octanol–water partition coefficient (Wildman–Crippen LogP) is 2.09. The van der Waals surface area contributed by atoms with E-state index in [1.165, 1.54) is 31.5 Å². The van der Waals surface area contributed by atoms with E-state index >= 15 is 0 Å². The Balaban J connectivity index is 1.64. The molecule has 20 heavy (non-hydrogen) atoms. The van der Waals surface area contributed by atoms with Gasteiger partial charge in [0.15, 0.2) is 0 Å².